The molecule has 12 heteroatoms. The summed E-state index contributed by atoms with van der Waals surface area (Å²) in [6.45, 7) is 0. The Hall–Kier alpha value is -3.67. The Bertz CT molecular complexity index is 1350. The minimum Gasteiger partial charge on any atom is -0.366 e. The Morgan fingerprint density at radius 1 is 1.03 bits per heavy atom. The summed E-state index contributed by atoms with van der Waals surface area (Å²) in [5, 5.41) is 4.01. The van der Waals surface area contributed by atoms with E-state index in [1.54, 1.807) is 18.3 Å². The molecule has 0 saturated carbocycles. The van der Waals surface area contributed by atoms with Crippen molar-refractivity contribution in [3.8, 4) is 11.1 Å². The quantitative estimate of drug-likeness (QED) is 0.510. The Labute approximate surface area is 168 Å². The molecular weight excluding hydrogens is 421 g/mol. The monoisotopic (exact) mass is 434 g/mol. The predicted molar refractivity (Wildman–Crippen MR) is 103 cm³/mol. The SMILES string of the molecule is Nc1nc2ccc(-c3cncc(NS(=O)(=O)c4cccc(C(F)(F)F)c4)c3)cn2n1. The smallest absolute Gasteiger partial charge is 0.366 e. The first-order chi connectivity index (χ1) is 14.1. The Kier molecular flexibility index (Phi) is 4.57. The minimum absolute atomic E-state index is 0.0862. The zero-order valence-electron chi connectivity index (χ0n) is 15.0. The normalized spacial score (nSPS) is 12.2. The summed E-state index contributed by atoms with van der Waals surface area (Å²) in [6.07, 6.45) is -0.263. The second kappa shape index (κ2) is 6.99. The number of benzene rings is 1. The highest BCUT2D eigenvalue weighted by Gasteiger charge is 2.31. The maximum Gasteiger partial charge on any atom is 0.416 e. The second-order valence-corrected chi connectivity index (χ2v) is 7.97. The summed E-state index contributed by atoms with van der Waals surface area (Å²) in [6, 6.07) is 8.39. The molecule has 0 saturated heterocycles. The summed E-state index contributed by atoms with van der Waals surface area (Å²) < 4.78 is 67.5. The van der Waals surface area contributed by atoms with Crippen LogP contribution in [0.5, 0.6) is 0 Å². The van der Waals surface area contributed by atoms with Crippen LogP contribution in [0.4, 0.5) is 24.8 Å². The average molecular weight is 434 g/mol. The Morgan fingerprint density at radius 3 is 2.60 bits per heavy atom. The highest BCUT2D eigenvalue weighted by Crippen LogP contribution is 2.31. The summed E-state index contributed by atoms with van der Waals surface area (Å²) in [7, 11) is -4.26. The zero-order valence-corrected chi connectivity index (χ0v) is 15.8. The van der Waals surface area contributed by atoms with Gasteiger partial charge in [-0.15, -0.1) is 5.10 Å². The van der Waals surface area contributed by atoms with Crippen molar-refractivity contribution in [3.63, 3.8) is 0 Å². The number of pyridine rings is 2. The third kappa shape index (κ3) is 3.89. The first-order valence-corrected chi connectivity index (χ1v) is 9.87. The molecule has 0 aliphatic heterocycles. The van der Waals surface area contributed by atoms with Crippen LogP contribution in [-0.2, 0) is 16.2 Å². The number of aromatic nitrogens is 4. The van der Waals surface area contributed by atoms with E-state index in [1.807, 2.05) is 0 Å². The molecule has 4 aromatic rings. The highest BCUT2D eigenvalue weighted by atomic mass is 32.2. The molecule has 0 amide bonds. The van der Waals surface area contributed by atoms with Gasteiger partial charge in [-0.2, -0.15) is 18.2 Å². The molecule has 0 atom stereocenters. The minimum atomic E-state index is -4.66. The first-order valence-electron chi connectivity index (χ1n) is 8.39. The molecule has 0 radical (unpaired) electrons. The van der Waals surface area contributed by atoms with E-state index in [4.69, 9.17) is 5.73 Å². The van der Waals surface area contributed by atoms with Gasteiger partial charge in [0.25, 0.3) is 10.0 Å². The molecule has 8 nitrogen and oxygen atoms in total. The largest absolute Gasteiger partial charge is 0.416 e. The van der Waals surface area contributed by atoms with Gasteiger partial charge in [-0.25, -0.2) is 12.9 Å². The molecule has 3 aromatic heterocycles. The standard InChI is InChI=1S/C18H13F3N6O2S/c19-18(20,21)13-2-1-3-15(7-13)30(28,29)26-14-6-12(8-23-9-14)11-4-5-16-24-17(22)25-27(16)10-11/h1-10,26H,(H2,22,25). The fraction of sp³-hybridized carbons (Fsp3) is 0.0556. The molecule has 0 aliphatic carbocycles. The van der Waals surface area contributed by atoms with Crippen molar-refractivity contribution in [2.75, 3.05) is 10.5 Å². The number of rotatable bonds is 4. The van der Waals surface area contributed by atoms with Gasteiger partial charge in [0.05, 0.1) is 22.3 Å². The van der Waals surface area contributed by atoms with Crippen molar-refractivity contribution in [2.45, 2.75) is 11.1 Å². The lowest BCUT2D eigenvalue weighted by molar-refractivity contribution is -0.137. The molecule has 0 spiro atoms. The van der Waals surface area contributed by atoms with Crippen LogP contribution in [0, 0.1) is 0 Å². The number of hydrogen-bond acceptors (Lipinski definition) is 6. The molecule has 30 heavy (non-hydrogen) atoms. The van der Waals surface area contributed by atoms with Crippen LogP contribution >= 0.6 is 0 Å². The predicted octanol–water partition coefficient (Wildman–Crippen LogP) is 3.19. The summed E-state index contributed by atoms with van der Waals surface area (Å²) in [5.74, 6) is 0.105. The van der Waals surface area contributed by atoms with Crippen LogP contribution < -0.4 is 10.5 Å². The zero-order chi connectivity index (χ0) is 21.5. The van der Waals surface area contributed by atoms with Crippen molar-refractivity contribution in [3.05, 3.63) is 66.6 Å². The number of nitrogens with zero attached hydrogens (tertiary/aromatic N) is 4. The third-order valence-electron chi connectivity index (χ3n) is 4.14. The van der Waals surface area contributed by atoms with Gasteiger partial charge in [0.1, 0.15) is 0 Å². The van der Waals surface area contributed by atoms with Crippen molar-refractivity contribution in [1.82, 2.24) is 19.6 Å². The van der Waals surface area contributed by atoms with Crippen molar-refractivity contribution in [1.29, 1.82) is 0 Å². The van der Waals surface area contributed by atoms with Gasteiger partial charge in [0.2, 0.25) is 5.95 Å². The van der Waals surface area contributed by atoms with Gasteiger partial charge in [-0.1, -0.05) is 6.07 Å². The van der Waals surface area contributed by atoms with Crippen LogP contribution in [0.15, 0.2) is 66.0 Å². The van der Waals surface area contributed by atoms with E-state index >= 15 is 0 Å². The maximum atomic E-state index is 12.9. The number of anilines is 2. The van der Waals surface area contributed by atoms with Gasteiger partial charge in [0, 0.05) is 23.5 Å². The fourth-order valence-corrected chi connectivity index (χ4v) is 3.86. The van der Waals surface area contributed by atoms with E-state index in [0.29, 0.717) is 22.8 Å². The fourth-order valence-electron chi connectivity index (χ4n) is 2.78. The van der Waals surface area contributed by atoms with Gasteiger partial charge < -0.3 is 5.73 Å². The number of hydrogen-bond donors (Lipinski definition) is 2. The van der Waals surface area contributed by atoms with Crippen molar-refractivity contribution in [2.24, 2.45) is 0 Å². The molecule has 4 rings (SSSR count). The lowest BCUT2D eigenvalue weighted by atomic mass is 10.1. The summed E-state index contributed by atoms with van der Waals surface area (Å²) >= 11 is 0. The first kappa shape index (κ1) is 19.6. The lowest BCUT2D eigenvalue weighted by Crippen LogP contribution is -2.14. The number of fused-ring (bicyclic) bond motifs is 1. The Balaban J connectivity index is 1.65. The van der Waals surface area contributed by atoms with E-state index in [1.165, 1.54) is 23.0 Å². The number of nitrogens with two attached hydrogens (primary N) is 1. The van der Waals surface area contributed by atoms with Crippen LogP contribution in [0.25, 0.3) is 16.8 Å². The number of sulfonamides is 1. The molecule has 3 N–H and O–H groups in total. The number of nitrogens with one attached hydrogen (secondary N) is 1. The number of halogens is 3. The van der Waals surface area contributed by atoms with E-state index in [9.17, 15) is 21.6 Å². The van der Waals surface area contributed by atoms with Gasteiger partial charge in [-0.3, -0.25) is 9.71 Å². The third-order valence-corrected chi connectivity index (χ3v) is 5.52. The summed E-state index contributed by atoms with van der Waals surface area (Å²) in [4.78, 5) is 7.51. The van der Waals surface area contributed by atoms with Crippen LogP contribution in [0.1, 0.15) is 5.56 Å². The van der Waals surface area contributed by atoms with Gasteiger partial charge >= 0.3 is 6.18 Å². The second-order valence-electron chi connectivity index (χ2n) is 6.28. The van der Waals surface area contributed by atoms with Gasteiger partial charge in [0.15, 0.2) is 5.65 Å². The van der Waals surface area contributed by atoms with Gasteiger partial charge in [-0.05, 0) is 36.4 Å². The maximum absolute atomic E-state index is 12.9. The van der Waals surface area contributed by atoms with Crippen molar-refractivity contribution >= 4 is 27.3 Å². The van der Waals surface area contributed by atoms with Crippen LogP contribution in [-0.4, -0.2) is 28.0 Å². The number of nitrogen functional groups attached to an aromatic ring is 1. The summed E-state index contributed by atoms with van der Waals surface area (Å²) in [5.41, 5.74) is 6.33. The van der Waals surface area contributed by atoms with Crippen LogP contribution in [0.2, 0.25) is 0 Å². The Morgan fingerprint density at radius 2 is 1.83 bits per heavy atom. The molecule has 1 aromatic carbocycles. The molecular formula is C18H13F3N6O2S. The molecule has 154 valence electrons. The van der Waals surface area contributed by atoms with E-state index in [0.717, 1.165) is 18.2 Å². The molecule has 0 bridgehead atoms. The molecule has 0 unspecified atom stereocenters. The molecule has 0 aliphatic rings. The average Bonchev–Trinajstić information content (AvgIpc) is 3.06. The number of alkyl halides is 3. The molecule has 0 fully saturated rings. The highest BCUT2D eigenvalue weighted by molar-refractivity contribution is 7.92. The van der Waals surface area contributed by atoms with E-state index in [-0.39, 0.29) is 11.6 Å². The molecule has 3 heterocycles. The van der Waals surface area contributed by atoms with Crippen LogP contribution in [0.3, 0.4) is 0 Å². The van der Waals surface area contributed by atoms with E-state index in [2.05, 4.69) is 19.8 Å². The lowest BCUT2D eigenvalue weighted by Gasteiger charge is -2.11. The van der Waals surface area contributed by atoms with Crippen molar-refractivity contribution < 1.29 is 21.6 Å². The topological polar surface area (TPSA) is 115 Å². The van der Waals surface area contributed by atoms with E-state index < -0.39 is 26.7 Å².